The van der Waals surface area contributed by atoms with Crippen LogP contribution in [0.4, 0.5) is 0 Å². The number of terminal acetylenes is 1. The molecule has 1 N–H and O–H groups in total. The SMILES string of the molecule is C#CC1(O)CC[C@H]2CO[C@@H]1O2. The van der Waals surface area contributed by atoms with Crippen LogP contribution in [0.5, 0.6) is 0 Å². The highest BCUT2D eigenvalue weighted by molar-refractivity contribution is 5.12. The van der Waals surface area contributed by atoms with Crippen molar-refractivity contribution in [3.63, 3.8) is 0 Å². The Morgan fingerprint density at radius 2 is 2.45 bits per heavy atom. The van der Waals surface area contributed by atoms with E-state index in [4.69, 9.17) is 15.9 Å². The van der Waals surface area contributed by atoms with Crippen LogP contribution in [0.1, 0.15) is 12.8 Å². The van der Waals surface area contributed by atoms with Gasteiger partial charge in [0.2, 0.25) is 0 Å². The van der Waals surface area contributed by atoms with E-state index in [1.54, 1.807) is 0 Å². The Morgan fingerprint density at radius 1 is 1.64 bits per heavy atom. The second-order valence-electron chi connectivity index (χ2n) is 3.03. The lowest BCUT2D eigenvalue weighted by Gasteiger charge is -2.31. The van der Waals surface area contributed by atoms with Crippen molar-refractivity contribution in [2.45, 2.75) is 30.8 Å². The lowest BCUT2D eigenvalue weighted by molar-refractivity contribution is -0.184. The van der Waals surface area contributed by atoms with E-state index >= 15 is 0 Å². The largest absolute Gasteiger partial charge is 0.373 e. The van der Waals surface area contributed by atoms with Crippen LogP contribution in [0.15, 0.2) is 0 Å². The van der Waals surface area contributed by atoms with Crippen molar-refractivity contribution in [2.75, 3.05) is 6.61 Å². The Balaban J connectivity index is 2.20. The predicted molar refractivity (Wildman–Crippen MR) is 37.6 cm³/mol. The number of rotatable bonds is 0. The summed E-state index contributed by atoms with van der Waals surface area (Å²) < 4.78 is 10.5. The monoisotopic (exact) mass is 154 g/mol. The Kier molecular flexibility index (Phi) is 1.43. The van der Waals surface area contributed by atoms with E-state index in [2.05, 4.69) is 5.92 Å². The molecule has 3 heteroatoms. The van der Waals surface area contributed by atoms with Crippen molar-refractivity contribution in [1.29, 1.82) is 0 Å². The van der Waals surface area contributed by atoms with E-state index in [0.29, 0.717) is 13.0 Å². The molecule has 3 atom stereocenters. The maximum atomic E-state index is 9.68. The minimum Gasteiger partial charge on any atom is -0.373 e. The van der Waals surface area contributed by atoms with Gasteiger partial charge < -0.3 is 14.6 Å². The third kappa shape index (κ3) is 0.951. The van der Waals surface area contributed by atoms with E-state index < -0.39 is 11.9 Å². The first-order valence-corrected chi connectivity index (χ1v) is 3.72. The Hall–Kier alpha value is -0.560. The van der Waals surface area contributed by atoms with Gasteiger partial charge in [-0.25, -0.2) is 0 Å². The number of ether oxygens (including phenoxy) is 2. The number of hydrogen-bond donors (Lipinski definition) is 1. The van der Waals surface area contributed by atoms with Gasteiger partial charge in [0.25, 0.3) is 0 Å². The molecule has 2 fully saturated rings. The van der Waals surface area contributed by atoms with Crippen molar-refractivity contribution >= 4 is 0 Å². The summed E-state index contributed by atoms with van der Waals surface area (Å²) in [4.78, 5) is 0. The summed E-state index contributed by atoms with van der Waals surface area (Å²) in [5.41, 5.74) is -1.19. The average Bonchev–Trinajstić information content (AvgIpc) is 2.44. The summed E-state index contributed by atoms with van der Waals surface area (Å²) in [5, 5.41) is 9.68. The number of hydrogen-bond acceptors (Lipinski definition) is 3. The first kappa shape index (κ1) is 7.11. The minimum atomic E-state index is -1.19. The van der Waals surface area contributed by atoms with Crippen molar-refractivity contribution in [3.05, 3.63) is 0 Å². The zero-order valence-corrected chi connectivity index (χ0v) is 6.12. The van der Waals surface area contributed by atoms with Gasteiger partial charge in [-0.2, -0.15) is 0 Å². The van der Waals surface area contributed by atoms with Gasteiger partial charge in [-0.15, -0.1) is 6.42 Å². The fourth-order valence-electron chi connectivity index (χ4n) is 1.49. The predicted octanol–water partition coefficient (Wildman–Crippen LogP) is -0.114. The smallest absolute Gasteiger partial charge is 0.198 e. The highest BCUT2D eigenvalue weighted by atomic mass is 16.7. The van der Waals surface area contributed by atoms with E-state index in [1.807, 2.05) is 0 Å². The van der Waals surface area contributed by atoms with Gasteiger partial charge >= 0.3 is 0 Å². The topological polar surface area (TPSA) is 38.7 Å². The third-order valence-electron chi connectivity index (χ3n) is 2.24. The molecule has 2 saturated heterocycles. The van der Waals surface area contributed by atoms with Crippen LogP contribution in [0, 0.1) is 12.3 Å². The molecule has 0 saturated carbocycles. The molecular weight excluding hydrogens is 144 g/mol. The molecule has 0 aliphatic carbocycles. The van der Waals surface area contributed by atoms with Crippen LogP contribution < -0.4 is 0 Å². The molecule has 2 rings (SSSR count). The van der Waals surface area contributed by atoms with Crippen LogP contribution in [0.2, 0.25) is 0 Å². The third-order valence-corrected chi connectivity index (χ3v) is 2.24. The molecule has 11 heavy (non-hydrogen) atoms. The summed E-state index contributed by atoms with van der Waals surface area (Å²) in [6.45, 7) is 0.564. The highest BCUT2D eigenvalue weighted by Crippen LogP contribution is 2.34. The van der Waals surface area contributed by atoms with Gasteiger partial charge in [-0.05, 0) is 12.8 Å². The molecule has 0 aromatic carbocycles. The van der Waals surface area contributed by atoms with Gasteiger partial charge in [-0.3, -0.25) is 0 Å². The van der Waals surface area contributed by atoms with Gasteiger partial charge in [0.05, 0.1) is 12.7 Å². The van der Waals surface area contributed by atoms with Gasteiger partial charge in [0, 0.05) is 0 Å². The molecule has 2 heterocycles. The molecule has 60 valence electrons. The standard InChI is InChI=1S/C8H10O3/c1-2-8(9)4-3-6-5-10-7(8)11-6/h1,6-7,9H,3-5H2/t6-,7+,8?/m0/s1. The Morgan fingerprint density at radius 3 is 3.18 bits per heavy atom. The van der Waals surface area contributed by atoms with Crippen LogP contribution in [-0.4, -0.2) is 29.7 Å². The van der Waals surface area contributed by atoms with Crippen molar-refractivity contribution in [2.24, 2.45) is 0 Å². The molecular formula is C8H10O3. The zero-order chi connectivity index (χ0) is 7.90. The van der Waals surface area contributed by atoms with E-state index in [0.717, 1.165) is 6.42 Å². The molecule has 2 aliphatic rings. The molecule has 0 amide bonds. The normalized spacial score (nSPS) is 48.7. The fourth-order valence-corrected chi connectivity index (χ4v) is 1.49. The first-order chi connectivity index (χ1) is 5.24. The lowest BCUT2D eigenvalue weighted by atomic mass is 9.94. The Labute approximate surface area is 65.3 Å². The van der Waals surface area contributed by atoms with Crippen molar-refractivity contribution in [3.8, 4) is 12.3 Å². The second-order valence-corrected chi connectivity index (χ2v) is 3.03. The molecule has 0 spiro atoms. The number of aliphatic hydroxyl groups is 1. The first-order valence-electron chi connectivity index (χ1n) is 3.72. The quantitative estimate of drug-likeness (QED) is 0.495. The van der Waals surface area contributed by atoms with E-state index in [-0.39, 0.29) is 6.10 Å². The summed E-state index contributed by atoms with van der Waals surface area (Å²) in [7, 11) is 0. The lowest BCUT2D eigenvalue weighted by Crippen LogP contribution is -2.45. The van der Waals surface area contributed by atoms with Crippen molar-refractivity contribution < 1.29 is 14.6 Å². The summed E-state index contributed by atoms with van der Waals surface area (Å²) in [6.07, 6.45) is 6.09. The van der Waals surface area contributed by atoms with Gasteiger partial charge in [-0.1, -0.05) is 5.92 Å². The minimum absolute atomic E-state index is 0.147. The van der Waals surface area contributed by atoms with E-state index in [9.17, 15) is 5.11 Å². The molecule has 3 nitrogen and oxygen atoms in total. The summed E-state index contributed by atoms with van der Waals surface area (Å²) in [5.74, 6) is 2.31. The molecule has 0 aromatic rings. The maximum Gasteiger partial charge on any atom is 0.198 e. The van der Waals surface area contributed by atoms with Gasteiger partial charge in [0.1, 0.15) is 0 Å². The summed E-state index contributed by atoms with van der Waals surface area (Å²) >= 11 is 0. The number of fused-ring (bicyclic) bond motifs is 2. The molecule has 1 unspecified atom stereocenters. The van der Waals surface area contributed by atoms with Crippen LogP contribution >= 0.6 is 0 Å². The maximum absolute atomic E-state index is 9.68. The van der Waals surface area contributed by atoms with Crippen molar-refractivity contribution in [1.82, 2.24) is 0 Å². The Bertz CT molecular complexity index is 208. The molecule has 2 aliphatic heterocycles. The fraction of sp³-hybridized carbons (Fsp3) is 0.750. The summed E-state index contributed by atoms with van der Waals surface area (Å²) in [6, 6.07) is 0. The zero-order valence-electron chi connectivity index (χ0n) is 6.12. The van der Waals surface area contributed by atoms with Crippen LogP contribution in [0.3, 0.4) is 0 Å². The second kappa shape index (κ2) is 2.21. The van der Waals surface area contributed by atoms with Gasteiger partial charge in [0.15, 0.2) is 11.9 Å². The van der Waals surface area contributed by atoms with E-state index in [1.165, 1.54) is 0 Å². The highest BCUT2D eigenvalue weighted by Gasteiger charge is 2.47. The average molecular weight is 154 g/mol. The molecule has 0 aromatic heterocycles. The molecule has 0 radical (unpaired) electrons. The van der Waals surface area contributed by atoms with Crippen LogP contribution in [0.25, 0.3) is 0 Å². The molecule has 2 bridgehead atoms. The van der Waals surface area contributed by atoms with Crippen LogP contribution in [-0.2, 0) is 9.47 Å².